The summed E-state index contributed by atoms with van der Waals surface area (Å²) in [5, 5.41) is 12.1. The molecule has 0 fully saturated rings. The molecule has 6 nitrogen and oxygen atoms in total. The summed E-state index contributed by atoms with van der Waals surface area (Å²) in [6, 6.07) is 16.2. The first-order chi connectivity index (χ1) is 13.6. The van der Waals surface area contributed by atoms with E-state index in [-0.39, 0.29) is 23.1 Å². The van der Waals surface area contributed by atoms with Crippen molar-refractivity contribution in [3.05, 3.63) is 70.9 Å². The molecule has 7 heteroatoms. The van der Waals surface area contributed by atoms with Crippen LogP contribution in [0.25, 0.3) is 11.1 Å². The van der Waals surface area contributed by atoms with E-state index in [1.165, 1.54) is 0 Å². The molecule has 142 valence electrons. The van der Waals surface area contributed by atoms with Gasteiger partial charge in [0.2, 0.25) is 0 Å². The van der Waals surface area contributed by atoms with E-state index in [2.05, 4.69) is 21.8 Å². The highest BCUT2D eigenvalue weighted by molar-refractivity contribution is 7.11. The second-order valence-electron chi connectivity index (χ2n) is 6.44. The molecule has 0 unspecified atom stereocenters. The van der Waals surface area contributed by atoms with Crippen LogP contribution in [0.5, 0.6) is 0 Å². The van der Waals surface area contributed by atoms with Gasteiger partial charge in [-0.1, -0.05) is 55.5 Å². The Bertz CT molecular complexity index is 1010. The minimum Gasteiger partial charge on any atom is -0.478 e. The molecular weight excluding hydrogens is 376 g/mol. The highest BCUT2D eigenvalue weighted by atomic mass is 32.1. The van der Waals surface area contributed by atoms with E-state index >= 15 is 0 Å². The van der Waals surface area contributed by atoms with E-state index in [0.29, 0.717) is 12.1 Å². The van der Waals surface area contributed by atoms with E-state index in [0.717, 1.165) is 33.8 Å². The van der Waals surface area contributed by atoms with Gasteiger partial charge < -0.3 is 9.84 Å². The lowest BCUT2D eigenvalue weighted by atomic mass is 9.98. The monoisotopic (exact) mass is 394 g/mol. The van der Waals surface area contributed by atoms with Crippen LogP contribution in [0.4, 0.5) is 9.80 Å². The molecule has 28 heavy (non-hydrogen) atoms. The average Bonchev–Trinajstić information content (AvgIpc) is 3.25. The van der Waals surface area contributed by atoms with Crippen LogP contribution < -0.4 is 5.32 Å². The van der Waals surface area contributed by atoms with E-state index in [4.69, 9.17) is 4.74 Å². The van der Waals surface area contributed by atoms with Crippen LogP contribution >= 0.6 is 11.5 Å². The van der Waals surface area contributed by atoms with E-state index in [1.54, 1.807) is 0 Å². The molecule has 3 aromatic rings. The van der Waals surface area contributed by atoms with Crippen molar-refractivity contribution in [3.8, 4) is 11.1 Å². The predicted octanol–water partition coefficient (Wildman–Crippen LogP) is 4.76. The number of carboxylic acids is 1. The summed E-state index contributed by atoms with van der Waals surface area (Å²) in [5.74, 6) is -1.16. The molecule has 1 aromatic heterocycles. The first-order valence-electron chi connectivity index (χ1n) is 8.94. The third-order valence-corrected chi connectivity index (χ3v) is 5.67. The number of carbonyl (C=O) groups excluding carboxylic acids is 1. The Kier molecular flexibility index (Phi) is 4.83. The van der Waals surface area contributed by atoms with Crippen LogP contribution in [-0.4, -0.2) is 28.1 Å². The second-order valence-corrected chi connectivity index (χ2v) is 7.22. The largest absolute Gasteiger partial charge is 0.478 e. The first kappa shape index (κ1) is 18.2. The zero-order valence-electron chi connectivity index (χ0n) is 15.1. The number of nitrogens with zero attached hydrogens (tertiary/aromatic N) is 1. The number of carbonyl (C=O) groups is 2. The van der Waals surface area contributed by atoms with Crippen LogP contribution in [0.3, 0.4) is 0 Å². The van der Waals surface area contributed by atoms with Crippen molar-refractivity contribution in [2.75, 3.05) is 11.9 Å². The Hall–Kier alpha value is -3.19. The third-order valence-electron chi connectivity index (χ3n) is 4.87. The number of anilines is 1. The van der Waals surface area contributed by atoms with Crippen LogP contribution in [-0.2, 0) is 11.2 Å². The number of benzene rings is 2. The van der Waals surface area contributed by atoms with Gasteiger partial charge in [0.05, 0.1) is 5.69 Å². The quantitative estimate of drug-likeness (QED) is 0.651. The maximum atomic E-state index is 12.3. The molecule has 1 aliphatic carbocycles. The summed E-state index contributed by atoms with van der Waals surface area (Å²) in [4.78, 5) is 23.8. The highest BCUT2D eigenvalue weighted by Crippen LogP contribution is 2.44. The lowest BCUT2D eigenvalue weighted by Gasteiger charge is -2.14. The molecule has 2 N–H and O–H groups in total. The lowest BCUT2D eigenvalue weighted by molar-refractivity contribution is 0.0697. The lowest BCUT2D eigenvalue weighted by Crippen LogP contribution is -2.18. The fourth-order valence-corrected chi connectivity index (χ4v) is 4.44. The normalized spacial score (nSPS) is 12.3. The molecule has 2 aromatic carbocycles. The van der Waals surface area contributed by atoms with Gasteiger partial charge in [-0.25, -0.2) is 9.59 Å². The Balaban J connectivity index is 1.51. The van der Waals surface area contributed by atoms with Crippen molar-refractivity contribution < 1.29 is 19.4 Å². The number of hydrogen-bond acceptors (Lipinski definition) is 5. The molecule has 0 radical (unpaired) electrons. The zero-order chi connectivity index (χ0) is 19.7. The predicted molar refractivity (Wildman–Crippen MR) is 107 cm³/mol. The van der Waals surface area contributed by atoms with Gasteiger partial charge in [0.25, 0.3) is 0 Å². The van der Waals surface area contributed by atoms with E-state index in [1.807, 2.05) is 43.3 Å². The molecule has 0 bridgehead atoms. The number of rotatable bonds is 5. The fourth-order valence-electron chi connectivity index (χ4n) is 3.60. The zero-order valence-corrected chi connectivity index (χ0v) is 16.0. The third kappa shape index (κ3) is 3.14. The Morgan fingerprint density at radius 2 is 1.71 bits per heavy atom. The number of carboxylic acid groups (broad SMARTS) is 1. The summed E-state index contributed by atoms with van der Waals surface area (Å²) >= 11 is 0.950. The number of aromatic carboxylic acids is 1. The molecule has 0 atom stereocenters. The maximum absolute atomic E-state index is 12.3. The molecule has 0 saturated heterocycles. The molecule has 1 heterocycles. The van der Waals surface area contributed by atoms with E-state index < -0.39 is 12.1 Å². The number of aromatic nitrogens is 1. The number of nitrogens with one attached hydrogen (secondary N) is 1. The summed E-state index contributed by atoms with van der Waals surface area (Å²) < 4.78 is 9.55. The maximum Gasteiger partial charge on any atom is 0.412 e. The molecule has 4 rings (SSSR count). The fraction of sp³-hybridized carbons (Fsp3) is 0.190. The van der Waals surface area contributed by atoms with Gasteiger partial charge in [-0.05, 0) is 40.2 Å². The summed E-state index contributed by atoms with van der Waals surface area (Å²) in [6.07, 6.45) is -0.208. The van der Waals surface area contributed by atoms with Gasteiger partial charge in [-0.2, -0.15) is 4.37 Å². The second kappa shape index (κ2) is 7.44. The minimum atomic E-state index is -1.11. The highest BCUT2D eigenvalue weighted by Gasteiger charge is 2.29. The minimum absolute atomic E-state index is 0.0287. The standard InChI is InChI=1S/C21H18N2O4S/c1-2-17-18(20(24)25)19(28-23-17)22-21(26)27-11-16-14-9-5-3-7-12(14)13-8-4-6-10-15(13)16/h3-10,16H,2,11H2,1H3,(H,22,26)(H,24,25). The summed E-state index contributed by atoms with van der Waals surface area (Å²) in [6.45, 7) is 1.99. The number of hydrogen-bond donors (Lipinski definition) is 2. The Morgan fingerprint density at radius 1 is 1.11 bits per heavy atom. The Labute approximate surface area is 166 Å². The average molecular weight is 394 g/mol. The van der Waals surface area contributed by atoms with Gasteiger partial charge >= 0.3 is 12.1 Å². The Morgan fingerprint density at radius 3 is 2.29 bits per heavy atom. The van der Waals surface area contributed by atoms with E-state index in [9.17, 15) is 14.7 Å². The molecular formula is C21H18N2O4S. The molecule has 1 amide bonds. The van der Waals surface area contributed by atoms with Crippen molar-refractivity contribution in [2.45, 2.75) is 19.3 Å². The number of amides is 1. The van der Waals surface area contributed by atoms with Crippen LogP contribution in [0.2, 0.25) is 0 Å². The number of ether oxygens (including phenoxy) is 1. The van der Waals surface area contributed by atoms with Crippen molar-refractivity contribution in [1.82, 2.24) is 4.37 Å². The molecule has 0 saturated carbocycles. The topological polar surface area (TPSA) is 88.5 Å². The van der Waals surface area contributed by atoms with Gasteiger partial charge in [-0.3, -0.25) is 5.32 Å². The molecule has 0 spiro atoms. The van der Waals surface area contributed by atoms with Crippen LogP contribution in [0.15, 0.2) is 48.5 Å². The smallest absolute Gasteiger partial charge is 0.412 e. The first-order valence-corrected chi connectivity index (χ1v) is 9.71. The van der Waals surface area contributed by atoms with Crippen LogP contribution in [0, 0.1) is 0 Å². The molecule has 1 aliphatic rings. The van der Waals surface area contributed by atoms with Crippen LogP contribution in [0.1, 0.15) is 40.0 Å². The van der Waals surface area contributed by atoms with Crippen molar-refractivity contribution >= 4 is 28.6 Å². The van der Waals surface area contributed by atoms with Gasteiger partial charge in [0.1, 0.15) is 17.2 Å². The van der Waals surface area contributed by atoms with Gasteiger partial charge in [0, 0.05) is 5.92 Å². The number of fused-ring (bicyclic) bond motifs is 3. The van der Waals surface area contributed by atoms with Gasteiger partial charge in [0.15, 0.2) is 0 Å². The number of aryl methyl sites for hydroxylation is 1. The van der Waals surface area contributed by atoms with Crippen molar-refractivity contribution in [3.63, 3.8) is 0 Å². The van der Waals surface area contributed by atoms with Crippen molar-refractivity contribution in [1.29, 1.82) is 0 Å². The van der Waals surface area contributed by atoms with Crippen molar-refractivity contribution in [2.24, 2.45) is 0 Å². The summed E-state index contributed by atoms with van der Waals surface area (Å²) in [7, 11) is 0. The van der Waals surface area contributed by atoms with Gasteiger partial charge in [-0.15, -0.1) is 0 Å². The summed E-state index contributed by atoms with van der Waals surface area (Å²) in [5.41, 5.74) is 5.01. The molecule has 0 aliphatic heterocycles. The SMILES string of the molecule is CCc1nsc(NC(=O)OCC2c3ccccc3-c3ccccc32)c1C(=O)O.